The van der Waals surface area contributed by atoms with E-state index < -0.39 is 11.7 Å². The van der Waals surface area contributed by atoms with Crippen molar-refractivity contribution in [3.63, 3.8) is 0 Å². The van der Waals surface area contributed by atoms with E-state index in [2.05, 4.69) is 15.0 Å². The zero-order valence-corrected chi connectivity index (χ0v) is 14.7. The Morgan fingerprint density at radius 2 is 1.57 bits per heavy atom. The van der Waals surface area contributed by atoms with Gasteiger partial charge in [-0.25, -0.2) is 4.98 Å². The first-order chi connectivity index (χ1) is 13.5. The van der Waals surface area contributed by atoms with Crippen LogP contribution in [0.3, 0.4) is 0 Å². The molecular formula is C22H16F3N3. The molecule has 2 aromatic carbocycles. The Morgan fingerprint density at radius 1 is 0.786 bits per heavy atom. The Hall–Kier alpha value is -3.41. The van der Waals surface area contributed by atoms with E-state index >= 15 is 0 Å². The fraction of sp³-hybridized carbons (Fsp3) is 0.0909. The summed E-state index contributed by atoms with van der Waals surface area (Å²) in [4.78, 5) is 11.6. The van der Waals surface area contributed by atoms with Gasteiger partial charge in [-0.3, -0.25) is 4.98 Å². The van der Waals surface area contributed by atoms with E-state index in [0.29, 0.717) is 34.6 Å². The number of alkyl halides is 3. The number of hydrogen-bond donors (Lipinski definition) is 1. The average Bonchev–Trinajstić information content (AvgIpc) is 3.21. The number of imidazole rings is 1. The summed E-state index contributed by atoms with van der Waals surface area (Å²) < 4.78 is 41.4. The zero-order valence-electron chi connectivity index (χ0n) is 14.7. The largest absolute Gasteiger partial charge is 0.417 e. The predicted octanol–water partition coefficient (Wildman–Crippen LogP) is 5.75. The lowest BCUT2D eigenvalue weighted by atomic mass is 9.89. The highest BCUT2D eigenvalue weighted by molar-refractivity contribution is 5.87. The number of nitrogens with zero attached hydrogens (tertiary/aromatic N) is 2. The van der Waals surface area contributed by atoms with Crippen molar-refractivity contribution < 1.29 is 13.2 Å². The van der Waals surface area contributed by atoms with Crippen LogP contribution in [0.1, 0.15) is 17.1 Å². The highest BCUT2D eigenvalue weighted by Crippen LogP contribution is 2.43. The van der Waals surface area contributed by atoms with E-state index in [9.17, 15) is 13.2 Å². The maximum absolute atomic E-state index is 13.8. The lowest BCUT2D eigenvalue weighted by molar-refractivity contribution is -0.137. The van der Waals surface area contributed by atoms with E-state index in [-0.39, 0.29) is 5.56 Å². The molecule has 0 aliphatic carbocycles. The summed E-state index contributed by atoms with van der Waals surface area (Å²) in [7, 11) is 0. The monoisotopic (exact) mass is 379 g/mol. The van der Waals surface area contributed by atoms with Crippen molar-refractivity contribution in [2.24, 2.45) is 0 Å². The second-order valence-electron chi connectivity index (χ2n) is 6.30. The summed E-state index contributed by atoms with van der Waals surface area (Å²) in [6, 6.07) is 16.4. The highest BCUT2D eigenvalue weighted by Gasteiger charge is 2.35. The molecule has 0 atom stereocenters. The normalized spacial score (nSPS) is 11.5. The van der Waals surface area contributed by atoms with Gasteiger partial charge >= 0.3 is 6.18 Å². The zero-order chi connectivity index (χ0) is 19.6. The maximum Gasteiger partial charge on any atom is 0.417 e. The summed E-state index contributed by atoms with van der Waals surface area (Å²) in [5, 5.41) is 0. The van der Waals surface area contributed by atoms with E-state index in [1.165, 1.54) is 6.07 Å². The first-order valence-corrected chi connectivity index (χ1v) is 8.72. The second kappa shape index (κ2) is 7.31. The molecule has 0 aliphatic heterocycles. The second-order valence-corrected chi connectivity index (χ2v) is 6.30. The molecule has 0 radical (unpaired) electrons. The van der Waals surface area contributed by atoms with Crippen molar-refractivity contribution >= 4 is 0 Å². The van der Waals surface area contributed by atoms with Crippen LogP contribution in [0.15, 0.2) is 79.3 Å². The van der Waals surface area contributed by atoms with E-state index in [4.69, 9.17) is 0 Å². The van der Waals surface area contributed by atoms with Gasteiger partial charge in [0.15, 0.2) is 0 Å². The van der Waals surface area contributed by atoms with Crippen LogP contribution < -0.4 is 0 Å². The summed E-state index contributed by atoms with van der Waals surface area (Å²) in [5.41, 5.74) is 1.82. The molecule has 4 aromatic rings. The number of benzene rings is 2. The van der Waals surface area contributed by atoms with Crippen molar-refractivity contribution in [3.05, 3.63) is 96.3 Å². The molecule has 0 bridgehead atoms. The molecule has 1 N–H and O–H groups in total. The van der Waals surface area contributed by atoms with Crippen molar-refractivity contribution in [1.29, 1.82) is 0 Å². The molecule has 0 saturated heterocycles. The van der Waals surface area contributed by atoms with Crippen LogP contribution in [0, 0.1) is 0 Å². The Kier molecular flexibility index (Phi) is 4.69. The van der Waals surface area contributed by atoms with Gasteiger partial charge in [-0.2, -0.15) is 13.2 Å². The lowest BCUT2D eigenvalue weighted by Crippen LogP contribution is -2.08. The molecule has 3 nitrogen and oxygen atoms in total. The molecule has 28 heavy (non-hydrogen) atoms. The SMILES string of the molecule is FC(F)(F)c1cccc(-c2cccnc2Cc2ncc[nH]2)c1-c1ccccc1. The molecule has 0 amide bonds. The number of aromatic amines is 1. The van der Waals surface area contributed by atoms with Gasteiger partial charge < -0.3 is 4.98 Å². The van der Waals surface area contributed by atoms with Gasteiger partial charge in [0.2, 0.25) is 0 Å². The average molecular weight is 379 g/mol. The van der Waals surface area contributed by atoms with Crippen LogP contribution in [0.4, 0.5) is 13.2 Å². The molecular weight excluding hydrogens is 363 g/mol. The number of H-pyrrole nitrogens is 1. The molecule has 2 heterocycles. The van der Waals surface area contributed by atoms with E-state index in [1.807, 2.05) is 0 Å². The predicted molar refractivity (Wildman–Crippen MR) is 102 cm³/mol. The lowest BCUT2D eigenvalue weighted by Gasteiger charge is -2.19. The minimum absolute atomic E-state index is 0.157. The summed E-state index contributed by atoms with van der Waals surface area (Å²) in [5.74, 6) is 0.702. The summed E-state index contributed by atoms with van der Waals surface area (Å²) in [6.07, 6.45) is 0.908. The smallest absolute Gasteiger partial charge is 0.348 e. The molecule has 0 saturated carbocycles. The molecule has 6 heteroatoms. The topological polar surface area (TPSA) is 41.6 Å². The van der Waals surface area contributed by atoms with Crippen LogP contribution in [-0.2, 0) is 12.6 Å². The van der Waals surface area contributed by atoms with E-state index in [0.717, 1.165) is 6.07 Å². The van der Waals surface area contributed by atoms with Gasteiger partial charge in [0.05, 0.1) is 11.3 Å². The Labute approximate surface area is 159 Å². The first kappa shape index (κ1) is 18.0. The van der Waals surface area contributed by atoms with Crippen LogP contribution >= 0.6 is 0 Å². The minimum atomic E-state index is -4.47. The fourth-order valence-electron chi connectivity index (χ4n) is 3.31. The fourth-order valence-corrected chi connectivity index (χ4v) is 3.31. The quantitative estimate of drug-likeness (QED) is 0.491. The minimum Gasteiger partial charge on any atom is -0.348 e. The highest BCUT2D eigenvalue weighted by atomic mass is 19.4. The maximum atomic E-state index is 13.8. The Bertz CT molecular complexity index is 1070. The van der Waals surface area contributed by atoms with Crippen LogP contribution in [0.2, 0.25) is 0 Å². The molecule has 0 spiro atoms. The Balaban J connectivity index is 1.95. The van der Waals surface area contributed by atoms with Crippen LogP contribution in [-0.4, -0.2) is 15.0 Å². The molecule has 4 rings (SSSR count). The molecule has 0 unspecified atom stereocenters. The van der Waals surface area contributed by atoms with Crippen molar-refractivity contribution in [3.8, 4) is 22.3 Å². The Morgan fingerprint density at radius 3 is 2.29 bits per heavy atom. The number of rotatable bonds is 4. The molecule has 0 fully saturated rings. The van der Waals surface area contributed by atoms with Gasteiger partial charge in [0.1, 0.15) is 5.82 Å². The molecule has 0 aliphatic rings. The number of pyridine rings is 1. The molecule has 140 valence electrons. The third-order valence-electron chi connectivity index (χ3n) is 4.50. The van der Waals surface area contributed by atoms with Gasteiger partial charge in [0, 0.05) is 36.1 Å². The number of halogens is 3. The van der Waals surface area contributed by atoms with Gasteiger partial charge in [-0.1, -0.05) is 48.5 Å². The van der Waals surface area contributed by atoms with Gasteiger partial charge in [-0.15, -0.1) is 0 Å². The third kappa shape index (κ3) is 3.53. The summed E-state index contributed by atoms with van der Waals surface area (Å²) in [6.45, 7) is 0. The van der Waals surface area contributed by atoms with Crippen LogP contribution in [0.25, 0.3) is 22.3 Å². The molecule has 2 aromatic heterocycles. The van der Waals surface area contributed by atoms with Gasteiger partial charge in [-0.05, 0) is 23.3 Å². The van der Waals surface area contributed by atoms with Crippen LogP contribution in [0.5, 0.6) is 0 Å². The van der Waals surface area contributed by atoms with Gasteiger partial charge in [0.25, 0.3) is 0 Å². The first-order valence-electron chi connectivity index (χ1n) is 8.72. The number of hydrogen-bond acceptors (Lipinski definition) is 2. The van der Waals surface area contributed by atoms with Crippen molar-refractivity contribution in [2.45, 2.75) is 12.6 Å². The number of aromatic nitrogens is 3. The van der Waals surface area contributed by atoms with E-state index in [1.54, 1.807) is 67.1 Å². The van der Waals surface area contributed by atoms with Crippen molar-refractivity contribution in [2.75, 3.05) is 0 Å². The third-order valence-corrected chi connectivity index (χ3v) is 4.50. The number of nitrogens with one attached hydrogen (secondary N) is 1. The van der Waals surface area contributed by atoms with Crippen molar-refractivity contribution in [1.82, 2.24) is 15.0 Å². The summed E-state index contributed by atoms with van der Waals surface area (Å²) >= 11 is 0. The standard InChI is InChI=1S/C22H16F3N3/c23-22(24,25)18-10-4-8-17(21(18)15-6-2-1-3-7-15)16-9-5-11-26-19(16)14-20-27-12-13-28-20/h1-13H,14H2,(H,27,28).